The molecule has 1 saturated carbocycles. The molecule has 1 aromatic carbocycles. The van der Waals surface area contributed by atoms with E-state index in [-0.39, 0.29) is 12.6 Å². The maximum absolute atomic E-state index is 12.1. The van der Waals surface area contributed by atoms with E-state index < -0.39 is 11.8 Å². The highest BCUT2D eigenvalue weighted by Crippen LogP contribution is 2.27. The summed E-state index contributed by atoms with van der Waals surface area (Å²) in [5, 5.41) is 14.9. The number of hydrogen-bond acceptors (Lipinski definition) is 3. The summed E-state index contributed by atoms with van der Waals surface area (Å²) < 4.78 is 0. The molecule has 1 atom stereocenters. The molecule has 1 aliphatic carbocycles. The number of aliphatic hydroxyl groups is 1. The summed E-state index contributed by atoms with van der Waals surface area (Å²) in [7, 11) is 0. The molecule has 6 heteroatoms. The van der Waals surface area contributed by atoms with Crippen molar-refractivity contribution in [3.05, 3.63) is 29.3 Å². The Labute approximate surface area is 141 Å². The van der Waals surface area contributed by atoms with Crippen LogP contribution in [-0.2, 0) is 9.59 Å². The maximum atomic E-state index is 12.1. The number of carbonyl (C=O) groups is 2. The number of carbonyl (C=O) groups excluding carboxylic acids is 2. The molecule has 1 fully saturated rings. The Balaban J connectivity index is 1.94. The van der Waals surface area contributed by atoms with Crippen molar-refractivity contribution in [2.24, 2.45) is 5.92 Å². The molecule has 0 saturated heterocycles. The fraction of sp³-hybridized carbons (Fsp3) is 0.529. The van der Waals surface area contributed by atoms with Crippen molar-refractivity contribution in [2.75, 3.05) is 11.9 Å². The van der Waals surface area contributed by atoms with Crippen LogP contribution in [0.5, 0.6) is 0 Å². The maximum Gasteiger partial charge on any atom is 0.313 e. The Hall–Kier alpha value is -1.59. The molecule has 0 aromatic heterocycles. The van der Waals surface area contributed by atoms with E-state index in [0.29, 0.717) is 23.0 Å². The Morgan fingerprint density at radius 3 is 2.52 bits per heavy atom. The number of anilines is 1. The molecule has 0 bridgehead atoms. The summed E-state index contributed by atoms with van der Waals surface area (Å²) in [5.74, 6) is -1.10. The number of benzene rings is 1. The number of nitrogens with one attached hydrogen (secondary N) is 2. The highest BCUT2D eigenvalue weighted by molar-refractivity contribution is 6.41. The number of aliphatic hydroxyl groups excluding tert-OH is 1. The van der Waals surface area contributed by atoms with Gasteiger partial charge in [-0.05, 0) is 37.3 Å². The average molecular weight is 339 g/mol. The number of amides is 2. The predicted octanol–water partition coefficient (Wildman–Crippen LogP) is 2.73. The smallest absolute Gasteiger partial charge is 0.313 e. The third kappa shape index (κ3) is 5.22. The molecule has 0 spiro atoms. The van der Waals surface area contributed by atoms with Crippen molar-refractivity contribution in [3.8, 4) is 0 Å². The third-order valence-corrected chi connectivity index (χ3v) is 4.63. The van der Waals surface area contributed by atoms with Crippen LogP contribution >= 0.6 is 11.6 Å². The quantitative estimate of drug-likeness (QED) is 0.722. The van der Waals surface area contributed by atoms with Crippen LogP contribution in [0.2, 0.25) is 5.02 Å². The van der Waals surface area contributed by atoms with E-state index in [0.717, 1.165) is 25.7 Å². The number of hydrogen-bond donors (Lipinski definition) is 3. The summed E-state index contributed by atoms with van der Waals surface area (Å²) in [5.41, 5.74) is 0.408. The van der Waals surface area contributed by atoms with E-state index in [1.165, 1.54) is 6.42 Å². The average Bonchev–Trinajstić information content (AvgIpc) is 2.57. The first kappa shape index (κ1) is 17.8. The first-order chi connectivity index (χ1) is 11.1. The number of para-hydroxylation sites is 1. The lowest BCUT2D eigenvalue weighted by atomic mass is 9.82. The summed E-state index contributed by atoms with van der Waals surface area (Å²) >= 11 is 5.97. The predicted molar refractivity (Wildman–Crippen MR) is 90.3 cm³/mol. The van der Waals surface area contributed by atoms with Gasteiger partial charge in [-0.15, -0.1) is 0 Å². The van der Waals surface area contributed by atoms with E-state index in [2.05, 4.69) is 10.6 Å². The Bertz CT molecular complexity index is 544. The molecule has 0 radical (unpaired) electrons. The molecule has 2 amide bonds. The van der Waals surface area contributed by atoms with Gasteiger partial charge in [0.15, 0.2) is 0 Å². The Morgan fingerprint density at radius 1 is 1.17 bits per heavy atom. The van der Waals surface area contributed by atoms with Gasteiger partial charge in [0.2, 0.25) is 0 Å². The molecular weight excluding hydrogens is 316 g/mol. The van der Waals surface area contributed by atoms with Gasteiger partial charge in [-0.3, -0.25) is 9.59 Å². The van der Waals surface area contributed by atoms with Crippen molar-refractivity contribution in [1.29, 1.82) is 0 Å². The summed E-state index contributed by atoms with van der Waals surface area (Å²) in [6.45, 7) is -0.00637. The van der Waals surface area contributed by atoms with Gasteiger partial charge in [0, 0.05) is 12.6 Å². The van der Waals surface area contributed by atoms with Crippen LogP contribution in [-0.4, -0.2) is 29.6 Å². The van der Waals surface area contributed by atoms with Crippen molar-refractivity contribution in [2.45, 2.75) is 44.6 Å². The second-order valence-electron chi connectivity index (χ2n) is 5.92. The largest absolute Gasteiger partial charge is 0.396 e. The van der Waals surface area contributed by atoms with Crippen LogP contribution in [0.3, 0.4) is 0 Å². The molecule has 126 valence electrons. The molecule has 2 rings (SSSR count). The van der Waals surface area contributed by atoms with E-state index in [1.807, 2.05) is 0 Å². The van der Waals surface area contributed by atoms with Gasteiger partial charge in [-0.25, -0.2) is 0 Å². The van der Waals surface area contributed by atoms with Crippen LogP contribution in [0.25, 0.3) is 0 Å². The van der Waals surface area contributed by atoms with Gasteiger partial charge in [-0.2, -0.15) is 0 Å². The number of rotatable bonds is 5. The van der Waals surface area contributed by atoms with Crippen LogP contribution in [0.1, 0.15) is 38.5 Å². The van der Waals surface area contributed by atoms with Crippen LogP contribution < -0.4 is 10.6 Å². The third-order valence-electron chi connectivity index (χ3n) is 4.30. The molecule has 1 aliphatic rings. The second kappa shape index (κ2) is 8.89. The zero-order valence-electron chi connectivity index (χ0n) is 13.1. The van der Waals surface area contributed by atoms with E-state index in [1.54, 1.807) is 24.3 Å². The minimum Gasteiger partial charge on any atom is -0.396 e. The SMILES string of the molecule is O=C(Nc1ccccc1Cl)C(=O)NC(CCO)C1CCCCC1. The molecule has 3 N–H and O–H groups in total. The summed E-state index contributed by atoms with van der Waals surface area (Å²) in [6.07, 6.45) is 6.00. The second-order valence-corrected chi connectivity index (χ2v) is 6.33. The minimum absolute atomic E-state index is 0.00637. The van der Waals surface area contributed by atoms with Gasteiger partial charge in [0.05, 0.1) is 10.7 Å². The van der Waals surface area contributed by atoms with Crippen LogP contribution in [0.15, 0.2) is 24.3 Å². The first-order valence-electron chi connectivity index (χ1n) is 8.09. The number of halogens is 1. The molecular formula is C17H23ClN2O3. The van der Waals surface area contributed by atoms with Gasteiger partial charge in [0.25, 0.3) is 0 Å². The Kier molecular flexibility index (Phi) is 6.86. The standard InChI is InChI=1S/C17H23ClN2O3/c18-13-8-4-5-9-15(13)20-17(23)16(22)19-14(10-11-21)12-6-2-1-3-7-12/h4-5,8-9,12,14,21H,1-3,6-7,10-11H2,(H,19,22)(H,20,23). The Morgan fingerprint density at radius 2 is 1.87 bits per heavy atom. The van der Waals surface area contributed by atoms with Gasteiger partial charge in [-0.1, -0.05) is 43.0 Å². The summed E-state index contributed by atoms with van der Waals surface area (Å²) in [4.78, 5) is 24.2. The minimum atomic E-state index is -0.739. The highest BCUT2D eigenvalue weighted by Gasteiger charge is 2.27. The fourth-order valence-corrected chi connectivity index (χ4v) is 3.26. The molecule has 0 heterocycles. The van der Waals surface area contributed by atoms with E-state index in [4.69, 9.17) is 11.6 Å². The van der Waals surface area contributed by atoms with Gasteiger partial charge < -0.3 is 15.7 Å². The monoisotopic (exact) mass is 338 g/mol. The molecule has 1 aromatic rings. The highest BCUT2D eigenvalue weighted by atomic mass is 35.5. The van der Waals surface area contributed by atoms with Crippen molar-refractivity contribution in [1.82, 2.24) is 5.32 Å². The van der Waals surface area contributed by atoms with Crippen molar-refractivity contribution >= 4 is 29.1 Å². The molecule has 5 nitrogen and oxygen atoms in total. The van der Waals surface area contributed by atoms with Crippen molar-refractivity contribution in [3.63, 3.8) is 0 Å². The van der Waals surface area contributed by atoms with E-state index in [9.17, 15) is 14.7 Å². The van der Waals surface area contributed by atoms with Gasteiger partial charge in [0.1, 0.15) is 0 Å². The zero-order valence-corrected chi connectivity index (χ0v) is 13.8. The molecule has 1 unspecified atom stereocenters. The van der Waals surface area contributed by atoms with Gasteiger partial charge >= 0.3 is 11.8 Å². The van der Waals surface area contributed by atoms with Crippen molar-refractivity contribution < 1.29 is 14.7 Å². The van der Waals surface area contributed by atoms with Crippen LogP contribution in [0.4, 0.5) is 5.69 Å². The first-order valence-corrected chi connectivity index (χ1v) is 8.47. The fourth-order valence-electron chi connectivity index (χ4n) is 3.08. The lowest BCUT2D eigenvalue weighted by molar-refractivity contribution is -0.137. The lowest BCUT2D eigenvalue weighted by Crippen LogP contribution is -2.46. The normalized spacial score (nSPS) is 16.6. The zero-order chi connectivity index (χ0) is 16.7. The van der Waals surface area contributed by atoms with E-state index >= 15 is 0 Å². The molecule has 0 aliphatic heterocycles. The van der Waals surface area contributed by atoms with Crippen LogP contribution in [0, 0.1) is 5.92 Å². The summed E-state index contributed by atoms with van der Waals surface area (Å²) in [6, 6.07) is 6.60. The lowest BCUT2D eigenvalue weighted by Gasteiger charge is -2.30. The topological polar surface area (TPSA) is 78.4 Å². The molecule has 23 heavy (non-hydrogen) atoms.